The van der Waals surface area contributed by atoms with Crippen LogP contribution in [0.3, 0.4) is 0 Å². The van der Waals surface area contributed by atoms with E-state index in [1.54, 1.807) is 0 Å². The van der Waals surface area contributed by atoms with Crippen LogP contribution in [-0.4, -0.2) is 22.4 Å². The Morgan fingerprint density at radius 2 is 2.00 bits per heavy atom. The van der Waals surface area contributed by atoms with Gasteiger partial charge in [0.15, 0.2) is 15.8 Å². The highest BCUT2D eigenvalue weighted by atomic mass is 35.5. The number of phenols is 1. The van der Waals surface area contributed by atoms with E-state index in [9.17, 15) is 23.1 Å². The molecular weight excluding hydrogens is 435 g/mol. The van der Waals surface area contributed by atoms with E-state index >= 15 is 0 Å². The number of carbonyl (C=O) groups is 1. The Morgan fingerprint density at radius 3 is 2.64 bits per heavy atom. The number of halogens is 4. The van der Waals surface area contributed by atoms with Gasteiger partial charge >= 0.3 is 6.18 Å². The SMILES string of the molecule is COc1cc(/C=C2/SC(=S)N(c3cccc(C(F)(F)F)c3)C2=O)cc(Cl)c1O. The van der Waals surface area contributed by atoms with Gasteiger partial charge in [-0.25, -0.2) is 0 Å². The molecule has 0 saturated carbocycles. The van der Waals surface area contributed by atoms with Crippen LogP contribution in [0.1, 0.15) is 11.1 Å². The number of thiocarbonyl (C=S) groups is 1. The number of hydrogen-bond donors (Lipinski definition) is 1. The highest BCUT2D eigenvalue weighted by molar-refractivity contribution is 8.27. The number of carbonyl (C=O) groups excluding carboxylic acids is 1. The standard InChI is InChI=1S/C18H11ClF3NO3S2/c1-26-13-6-9(5-12(19)15(13)24)7-14-16(25)23(17(27)28-14)11-4-2-3-10(8-11)18(20,21)22/h2-8,24H,1H3/b14-7+. The van der Waals surface area contributed by atoms with Crippen molar-refractivity contribution in [1.29, 1.82) is 0 Å². The number of aromatic hydroxyl groups is 1. The predicted octanol–water partition coefficient (Wildman–Crippen LogP) is 5.48. The number of anilines is 1. The number of ether oxygens (including phenoxy) is 1. The fourth-order valence-electron chi connectivity index (χ4n) is 2.50. The Hall–Kier alpha value is -2.23. The summed E-state index contributed by atoms with van der Waals surface area (Å²) in [5.74, 6) is -0.678. The highest BCUT2D eigenvalue weighted by Crippen LogP contribution is 2.40. The Labute approximate surface area is 172 Å². The minimum atomic E-state index is -4.54. The third-order valence-electron chi connectivity index (χ3n) is 3.79. The van der Waals surface area contributed by atoms with E-state index in [0.717, 1.165) is 28.8 Å². The summed E-state index contributed by atoms with van der Waals surface area (Å²) < 4.78 is 44.0. The minimum absolute atomic E-state index is 0.0268. The van der Waals surface area contributed by atoms with Crippen molar-refractivity contribution in [3.05, 3.63) is 57.5 Å². The van der Waals surface area contributed by atoms with Crippen molar-refractivity contribution in [2.75, 3.05) is 12.0 Å². The van der Waals surface area contributed by atoms with Crippen LogP contribution in [0, 0.1) is 0 Å². The number of amides is 1. The van der Waals surface area contributed by atoms with Crippen molar-refractivity contribution in [3.8, 4) is 11.5 Å². The zero-order chi connectivity index (χ0) is 20.6. The highest BCUT2D eigenvalue weighted by Gasteiger charge is 2.36. The van der Waals surface area contributed by atoms with E-state index in [2.05, 4.69) is 0 Å². The molecule has 0 bridgehead atoms. The molecule has 1 N–H and O–H groups in total. The van der Waals surface area contributed by atoms with Crippen LogP contribution < -0.4 is 9.64 Å². The normalized spacial score (nSPS) is 16.2. The van der Waals surface area contributed by atoms with Gasteiger partial charge in [-0.05, 0) is 42.0 Å². The molecule has 28 heavy (non-hydrogen) atoms. The summed E-state index contributed by atoms with van der Waals surface area (Å²) in [5, 5.41) is 9.82. The van der Waals surface area contributed by atoms with Gasteiger partial charge in [-0.15, -0.1) is 0 Å². The first-order chi connectivity index (χ1) is 13.1. The van der Waals surface area contributed by atoms with Gasteiger partial charge in [0.1, 0.15) is 0 Å². The molecule has 1 fully saturated rings. The number of thioether (sulfide) groups is 1. The maximum atomic E-state index is 13.0. The average Bonchev–Trinajstić information content (AvgIpc) is 2.90. The lowest BCUT2D eigenvalue weighted by Crippen LogP contribution is -2.27. The van der Waals surface area contributed by atoms with E-state index in [-0.39, 0.29) is 31.4 Å². The Balaban J connectivity index is 1.97. The molecule has 1 aliphatic rings. The lowest BCUT2D eigenvalue weighted by molar-refractivity contribution is -0.137. The molecule has 1 heterocycles. The first kappa shape index (κ1) is 20.5. The summed E-state index contributed by atoms with van der Waals surface area (Å²) in [7, 11) is 1.35. The third-order valence-corrected chi connectivity index (χ3v) is 5.38. The molecule has 1 saturated heterocycles. The number of hydrogen-bond acceptors (Lipinski definition) is 5. The molecule has 0 spiro atoms. The van der Waals surface area contributed by atoms with Crippen molar-refractivity contribution in [2.24, 2.45) is 0 Å². The van der Waals surface area contributed by atoms with E-state index in [1.807, 2.05) is 0 Å². The molecular formula is C18H11ClF3NO3S2. The van der Waals surface area contributed by atoms with Crippen molar-refractivity contribution in [1.82, 2.24) is 0 Å². The Morgan fingerprint density at radius 1 is 1.29 bits per heavy atom. The zero-order valence-electron chi connectivity index (χ0n) is 14.1. The van der Waals surface area contributed by atoms with E-state index in [1.165, 1.54) is 37.5 Å². The van der Waals surface area contributed by atoms with Gasteiger partial charge in [0.05, 0.1) is 28.3 Å². The van der Waals surface area contributed by atoms with Gasteiger partial charge < -0.3 is 9.84 Å². The third kappa shape index (κ3) is 3.96. The van der Waals surface area contributed by atoms with Crippen LogP contribution in [-0.2, 0) is 11.0 Å². The molecule has 0 unspecified atom stereocenters. The van der Waals surface area contributed by atoms with Crippen LogP contribution in [0.15, 0.2) is 41.3 Å². The van der Waals surface area contributed by atoms with E-state index in [4.69, 9.17) is 28.6 Å². The quantitative estimate of drug-likeness (QED) is 0.501. The largest absolute Gasteiger partial charge is 0.503 e. The van der Waals surface area contributed by atoms with Gasteiger partial charge in [-0.2, -0.15) is 13.2 Å². The number of rotatable bonds is 3. The lowest BCUT2D eigenvalue weighted by Gasteiger charge is -2.16. The number of alkyl halides is 3. The molecule has 146 valence electrons. The van der Waals surface area contributed by atoms with Crippen molar-refractivity contribution < 1.29 is 27.8 Å². The number of benzene rings is 2. The molecule has 1 aliphatic heterocycles. The second-order valence-electron chi connectivity index (χ2n) is 5.62. The summed E-state index contributed by atoms with van der Waals surface area (Å²) in [6, 6.07) is 7.28. The van der Waals surface area contributed by atoms with Crippen LogP contribution in [0.2, 0.25) is 5.02 Å². The smallest absolute Gasteiger partial charge is 0.416 e. The monoisotopic (exact) mass is 445 g/mol. The summed E-state index contributed by atoms with van der Waals surface area (Å²) >= 11 is 12.1. The fourth-order valence-corrected chi connectivity index (χ4v) is 4.01. The second kappa shape index (κ2) is 7.65. The number of nitrogens with zero attached hydrogens (tertiary/aromatic N) is 1. The minimum Gasteiger partial charge on any atom is -0.503 e. The molecule has 0 atom stereocenters. The van der Waals surface area contributed by atoms with Crippen molar-refractivity contribution in [2.45, 2.75) is 6.18 Å². The maximum Gasteiger partial charge on any atom is 0.416 e. The maximum absolute atomic E-state index is 13.0. The van der Waals surface area contributed by atoms with E-state index < -0.39 is 17.6 Å². The van der Waals surface area contributed by atoms with Gasteiger partial charge in [0, 0.05) is 0 Å². The van der Waals surface area contributed by atoms with Gasteiger partial charge in [0.25, 0.3) is 5.91 Å². The Bertz CT molecular complexity index is 1010. The second-order valence-corrected chi connectivity index (χ2v) is 7.70. The fraction of sp³-hybridized carbons (Fsp3) is 0.111. The van der Waals surface area contributed by atoms with Gasteiger partial charge in [-0.1, -0.05) is 41.6 Å². The molecule has 4 nitrogen and oxygen atoms in total. The predicted molar refractivity (Wildman–Crippen MR) is 107 cm³/mol. The molecule has 0 aromatic heterocycles. The first-order valence-corrected chi connectivity index (χ1v) is 9.24. The average molecular weight is 446 g/mol. The summed E-state index contributed by atoms with van der Waals surface area (Å²) in [6.45, 7) is 0. The van der Waals surface area contributed by atoms with Crippen LogP contribution >= 0.6 is 35.6 Å². The first-order valence-electron chi connectivity index (χ1n) is 7.63. The summed E-state index contributed by atoms with van der Waals surface area (Å²) in [4.78, 5) is 14.0. The molecule has 0 aliphatic carbocycles. The molecule has 0 radical (unpaired) electrons. The van der Waals surface area contributed by atoms with Crippen molar-refractivity contribution in [3.63, 3.8) is 0 Å². The lowest BCUT2D eigenvalue weighted by atomic mass is 10.1. The molecule has 3 rings (SSSR count). The molecule has 2 aromatic carbocycles. The zero-order valence-corrected chi connectivity index (χ0v) is 16.5. The van der Waals surface area contributed by atoms with E-state index in [0.29, 0.717) is 5.56 Å². The van der Waals surface area contributed by atoms with Crippen molar-refractivity contribution >= 4 is 57.6 Å². The Kier molecular flexibility index (Phi) is 5.60. The van der Waals surface area contributed by atoms with Gasteiger partial charge in [0.2, 0.25) is 0 Å². The molecule has 2 aromatic rings. The summed E-state index contributed by atoms with van der Waals surface area (Å²) in [6.07, 6.45) is -3.06. The number of phenolic OH excluding ortho intramolecular Hbond substituents is 1. The van der Waals surface area contributed by atoms with Gasteiger partial charge in [-0.3, -0.25) is 9.69 Å². The van der Waals surface area contributed by atoms with Crippen LogP contribution in [0.25, 0.3) is 6.08 Å². The molecule has 1 amide bonds. The number of methoxy groups -OCH3 is 1. The van der Waals surface area contributed by atoms with Crippen LogP contribution in [0.5, 0.6) is 11.5 Å². The molecule has 10 heteroatoms. The summed E-state index contributed by atoms with van der Waals surface area (Å²) in [5.41, 5.74) is -0.385. The topological polar surface area (TPSA) is 49.8 Å². The van der Waals surface area contributed by atoms with Crippen LogP contribution in [0.4, 0.5) is 18.9 Å².